The van der Waals surface area contributed by atoms with Crippen molar-refractivity contribution in [2.24, 2.45) is 0 Å². The van der Waals surface area contributed by atoms with Gasteiger partial charge in [0.2, 0.25) is 0 Å². The standard InChI is InChI=1S/C22H26FN5O4S/c1-21(13-33(30,31)22(20(24)27-21)8-9-28(2)12-22)16-10-14(4-6-17(16)23)26-19(29)18-7-5-15(32-3)11-25-18/h4-7,10-11H,8-9,12-13H2,1-3H3,(H2,24,27)(H,26,29)/t21-,22?/m0/s1. The fourth-order valence-corrected chi connectivity index (χ4v) is 6.97. The van der Waals surface area contributed by atoms with Crippen molar-refractivity contribution in [2.45, 2.75) is 23.6 Å². The van der Waals surface area contributed by atoms with Crippen LogP contribution in [0.3, 0.4) is 0 Å². The number of sulfone groups is 1. The molecule has 1 aromatic heterocycles. The highest BCUT2D eigenvalue weighted by molar-refractivity contribution is 7.93. The highest BCUT2D eigenvalue weighted by atomic mass is 32.2. The second-order valence-electron chi connectivity index (χ2n) is 8.81. The van der Waals surface area contributed by atoms with Crippen LogP contribution in [0.4, 0.5) is 10.1 Å². The van der Waals surface area contributed by atoms with Crippen molar-refractivity contribution >= 4 is 27.3 Å². The second kappa shape index (κ2) is 8.07. The van der Waals surface area contributed by atoms with Crippen molar-refractivity contribution in [3.8, 4) is 5.75 Å². The van der Waals surface area contributed by atoms with Crippen molar-refractivity contribution < 1.29 is 22.3 Å². The van der Waals surface area contributed by atoms with E-state index in [2.05, 4.69) is 15.6 Å². The number of ether oxygens (including phenoxy) is 1. The second-order valence-corrected chi connectivity index (χ2v) is 11.1. The summed E-state index contributed by atoms with van der Waals surface area (Å²) in [4.78, 5) is 18.5. The number of carbonyl (C=O) groups excluding carboxylic acids is 1. The number of likely N-dealkylation sites (tertiary alicyclic amines) is 1. The number of nitrogens with one attached hydrogen (secondary N) is 3. The summed E-state index contributed by atoms with van der Waals surface area (Å²) >= 11 is 0. The van der Waals surface area contributed by atoms with Gasteiger partial charge in [0.1, 0.15) is 27.8 Å². The van der Waals surface area contributed by atoms with Gasteiger partial charge in [-0.3, -0.25) is 10.2 Å². The molecule has 4 rings (SSSR count). The zero-order chi connectivity index (χ0) is 24.0. The first-order chi connectivity index (χ1) is 15.5. The Bertz CT molecular complexity index is 1220. The van der Waals surface area contributed by atoms with Gasteiger partial charge in [0.25, 0.3) is 5.91 Å². The molecule has 2 aromatic rings. The maximum atomic E-state index is 14.9. The number of benzene rings is 1. The summed E-state index contributed by atoms with van der Waals surface area (Å²) in [5, 5.41) is 14.2. The number of anilines is 1. The summed E-state index contributed by atoms with van der Waals surface area (Å²) in [5.74, 6) is -1.14. The lowest BCUT2D eigenvalue weighted by Crippen LogP contribution is -2.67. The number of rotatable bonds is 4. The Labute approximate surface area is 191 Å². The highest BCUT2D eigenvalue weighted by Crippen LogP contribution is 2.40. The van der Waals surface area contributed by atoms with Crippen molar-refractivity contribution in [3.05, 3.63) is 53.6 Å². The van der Waals surface area contributed by atoms with Gasteiger partial charge in [-0.05, 0) is 57.3 Å². The first kappa shape index (κ1) is 23.1. The van der Waals surface area contributed by atoms with Gasteiger partial charge < -0.3 is 20.3 Å². The monoisotopic (exact) mass is 475 g/mol. The summed E-state index contributed by atoms with van der Waals surface area (Å²) in [5.41, 5.74) is -0.898. The van der Waals surface area contributed by atoms with Crippen LogP contribution in [0.1, 0.15) is 29.4 Å². The van der Waals surface area contributed by atoms with E-state index in [0.29, 0.717) is 18.7 Å². The van der Waals surface area contributed by atoms with Crippen LogP contribution in [-0.4, -0.2) is 67.8 Å². The number of amides is 1. The molecular weight excluding hydrogens is 449 g/mol. The average Bonchev–Trinajstić information content (AvgIpc) is 3.17. The zero-order valence-corrected chi connectivity index (χ0v) is 19.4. The Balaban J connectivity index is 1.62. The molecule has 2 saturated heterocycles. The third-order valence-electron chi connectivity index (χ3n) is 6.38. The van der Waals surface area contributed by atoms with Crippen LogP contribution in [0.2, 0.25) is 0 Å². The lowest BCUT2D eigenvalue weighted by atomic mass is 9.90. The molecule has 1 aromatic carbocycles. The van der Waals surface area contributed by atoms with Crippen LogP contribution >= 0.6 is 0 Å². The lowest BCUT2D eigenvalue weighted by Gasteiger charge is -2.44. The first-order valence-electron chi connectivity index (χ1n) is 10.4. The smallest absolute Gasteiger partial charge is 0.274 e. The molecule has 0 aliphatic carbocycles. The average molecular weight is 476 g/mol. The lowest BCUT2D eigenvalue weighted by molar-refractivity contribution is 0.102. The molecule has 2 fully saturated rings. The number of methoxy groups -OCH3 is 1. The number of pyridine rings is 1. The molecule has 0 saturated carbocycles. The van der Waals surface area contributed by atoms with Crippen molar-refractivity contribution in [3.63, 3.8) is 0 Å². The van der Waals surface area contributed by atoms with Crippen LogP contribution in [0.25, 0.3) is 0 Å². The number of hydrogen-bond donors (Lipinski definition) is 3. The summed E-state index contributed by atoms with van der Waals surface area (Å²) in [6, 6.07) is 7.04. The molecule has 3 heterocycles. The van der Waals surface area contributed by atoms with Gasteiger partial charge in [-0.25, -0.2) is 17.8 Å². The number of amidine groups is 1. The zero-order valence-electron chi connectivity index (χ0n) is 18.6. The third-order valence-corrected chi connectivity index (χ3v) is 9.06. The van der Waals surface area contributed by atoms with E-state index in [9.17, 15) is 17.6 Å². The Morgan fingerprint density at radius 1 is 1.33 bits per heavy atom. The molecule has 3 N–H and O–H groups in total. The molecule has 1 amide bonds. The minimum Gasteiger partial charge on any atom is -0.495 e. The molecule has 2 aliphatic rings. The van der Waals surface area contributed by atoms with Crippen LogP contribution < -0.4 is 15.4 Å². The number of aromatic nitrogens is 1. The predicted octanol–water partition coefficient (Wildman–Crippen LogP) is 1.77. The van der Waals surface area contributed by atoms with E-state index in [1.54, 1.807) is 13.0 Å². The van der Waals surface area contributed by atoms with Crippen LogP contribution in [-0.2, 0) is 15.4 Å². The molecule has 176 valence electrons. The van der Waals surface area contributed by atoms with Gasteiger partial charge in [0, 0.05) is 17.8 Å². The minimum atomic E-state index is -3.77. The molecule has 9 nitrogen and oxygen atoms in total. The number of nitrogens with zero attached hydrogens (tertiary/aromatic N) is 2. The van der Waals surface area contributed by atoms with Crippen LogP contribution in [0.5, 0.6) is 5.75 Å². The molecule has 33 heavy (non-hydrogen) atoms. The van der Waals surface area contributed by atoms with Crippen LogP contribution in [0.15, 0.2) is 36.5 Å². The van der Waals surface area contributed by atoms with E-state index >= 15 is 0 Å². The fourth-order valence-electron chi connectivity index (χ4n) is 4.52. The molecule has 0 bridgehead atoms. The largest absolute Gasteiger partial charge is 0.495 e. The molecule has 1 spiro atoms. The normalized spacial score (nSPS) is 26.7. The van der Waals surface area contributed by atoms with E-state index in [1.165, 1.54) is 37.6 Å². The quantitative estimate of drug-likeness (QED) is 0.616. The van der Waals surface area contributed by atoms with E-state index in [-0.39, 0.29) is 35.1 Å². The summed E-state index contributed by atoms with van der Waals surface area (Å²) in [7, 11) is -0.464. The topological polar surface area (TPSA) is 124 Å². The SMILES string of the molecule is COc1ccc(C(=O)Nc2ccc(F)c([C@]3(C)CS(=O)(=O)C4(CCN(C)C4)C(=N)N3)c2)nc1. The molecule has 2 atom stereocenters. The Morgan fingerprint density at radius 3 is 2.67 bits per heavy atom. The predicted molar refractivity (Wildman–Crippen MR) is 122 cm³/mol. The Hall–Kier alpha value is -3.05. The van der Waals surface area contributed by atoms with E-state index in [4.69, 9.17) is 10.1 Å². The third kappa shape index (κ3) is 3.95. The van der Waals surface area contributed by atoms with Crippen molar-refractivity contribution in [1.82, 2.24) is 15.2 Å². The molecular formula is C22H26FN5O4S. The van der Waals surface area contributed by atoms with E-state index in [0.717, 1.165) is 0 Å². The van der Waals surface area contributed by atoms with Gasteiger partial charge in [0.05, 0.1) is 24.6 Å². The van der Waals surface area contributed by atoms with Crippen LogP contribution in [0, 0.1) is 11.2 Å². The Morgan fingerprint density at radius 2 is 2.09 bits per heavy atom. The van der Waals surface area contributed by atoms with Gasteiger partial charge >= 0.3 is 0 Å². The van der Waals surface area contributed by atoms with Crippen molar-refractivity contribution in [1.29, 1.82) is 5.41 Å². The maximum Gasteiger partial charge on any atom is 0.274 e. The highest BCUT2D eigenvalue weighted by Gasteiger charge is 2.58. The number of halogens is 1. The molecule has 2 aliphatic heterocycles. The molecule has 0 radical (unpaired) electrons. The maximum absolute atomic E-state index is 14.9. The van der Waals surface area contributed by atoms with Gasteiger partial charge in [0.15, 0.2) is 9.84 Å². The number of hydrogen-bond acceptors (Lipinski definition) is 7. The van der Waals surface area contributed by atoms with Crippen molar-refractivity contribution in [2.75, 3.05) is 38.3 Å². The summed E-state index contributed by atoms with van der Waals surface area (Å²) < 4.78 is 45.3. The van der Waals surface area contributed by atoms with Gasteiger partial charge in [-0.1, -0.05) is 0 Å². The van der Waals surface area contributed by atoms with Gasteiger partial charge in [-0.15, -0.1) is 0 Å². The molecule has 1 unspecified atom stereocenters. The minimum absolute atomic E-state index is 0.0533. The molecule has 11 heteroatoms. The Kier molecular flexibility index (Phi) is 5.65. The summed E-state index contributed by atoms with van der Waals surface area (Å²) in [6.07, 6.45) is 1.73. The van der Waals surface area contributed by atoms with E-state index in [1.807, 2.05) is 11.9 Å². The van der Waals surface area contributed by atoms with Gasteiger partial charge in [-0.2, -0.15) is 0 Å². The number of carbonyl (C=O) groups is 1. The first-order valence-corrected chi connectivity index (χ1v) is 12.0. The fraction of sp³-hybridized carbons (Fsp3) is 0.409. The van der Waals surface area contributed by atoms with E-state index < -0.39 is 31.8 Å². The summed E-state index contributed by atoms with van der Waals surface area (Å²) in [6.45, 7) is 2.35.